The summed E-state index contributed by atoms with van der Waals surface area (Å²) in [6.45, 7) is 0. The van der Waals surface area contributed by atoms with Crippen molar-refractivity contribution in [3.05, 3.63) is 320 Å². The van der Waals surface area contributed by atoms with Gasteiger partial charge in [-0.25, -0.2) is 0 Å². The fourth-order valence-corrected chi connectivity index (χ4v) is 12.3. The second kappa shape index (κ2) is 17.9. The lowest BCUT2D eigenvalue weighted by Gasteiger charge is -2.34. The highest BCUT2D eigenvalue weighted by atomic mass is 15.1. The van der Waals surface area contributed by atoms with Gasteiger partial charge in [0.1, 0.15) is 0 Å². The molecule has 0 N–H and O–H groups in total. The van der Waals surface area contributed by atoms with E-state index < -0.39 is 5.41 Å². The minimum atomic E-state index is -0.512. The Morgan fingerprint density at radius 1 is 0.243 bits per heavy atom. The van der Waals surface area contributed by atoms with Crippen LogP contribution in [0.15, 0.2) is 297 Å². The van der Waals surface area contributed by atoms with Crippen molar-refractivity contribution in [2.24, 2.45) is 0 Å². The van der Waals surface area contributed by atoms with E-state index in [1.165, 1.54) is 105 Å². The maximum Gasteiger partial charge on any atom is 0.0713 e. The minimum Gasteiger partial charge on any atom is -0.309 e. The zero-order chi connectivity index (χ0) is 49.0. The van der Waals surface area contributed by atoms with Crippen LogP contribution in [0.3, 0.4) is 0 Å². The van der Waals surface area contributed by atoms with Gasteiger partial charge in [-0.1, -0.05) is 273 Å². The molecule has 74 heavy (non-hydrogen) atoms. The molecule has 1 nitrogen and oxygen atoms in total. The van der Waals surface area contributed by atoms with Crippen LogP contribution >= 0.6 is 0 Å². The van der Waals surface area contributed by atoms with Crippen LogP contribution < -0.4 is 4.90 Å². The highest BCUT2D eigenvalue weighted by Gasteiger charge is 2.46. The topological polar surface area (TPSA) is 3.24 Å². The largest absolute Gasteiger partial charge is 0.309 e. The molecule has 13 aromatic carbocycles. The van der Waals surface area contributed by atoms with Crippen molar-refractivity contribution >= 4 is 49.4 Å². The second-order valence-electron chi connectivity index (χ2n) is 19.5. The van der Waals surface area contributed by atoms with Gasteiger partial charge in [0.05, 0.1) is 11.1 Å². The van der Waals surface area contributed by atoms with Crippen molar-refractivity contribution in [3.8, 4) is 55.6 Å². The maximum absolute atomic E-state index is 2.55. The normalized spacial score (nSPS) is 12.4. The summed E-state index contributed by atoms with van der Waals surface area (Å²) >= 11 is 0. The first-order valence-corrected chi connectivity index (χ1v) is 25.7. The average molecular weight is 940 g/mol. The predicted molar refractivity (Wildman–Crippen MR) is 313 cm³/mol. The van der Waals surface area contributed by atoms with Gasteiger partial charge in [0.15, 0.2) is 0 Å². The Balaban J connectivity index is 1.00. The Bertz CT molecular complexity index is 4170. The number of benzene rings is 13. The first-order valence-electron chi connectivity index (χ1n) is 25.7. The molecule has 14 rings (SSSR count). The summed E-state index contributed by atoms with van der Waals surface area (Å²) in [4.78, 5) is 2.55. The molecular formula is C73H49N. The molecule has 0 spiro atoms. The van der Waals surface area contributed by atoms with Gasteiger partial charge >= 0.3 is 0 Å². The van der Waals surface area contributed by atoms with Crippen LogP contribution in [0.5, 0.6) is 0 Å². The molecule has 0 radical (unpaired) electrons. The van der Waals surface area contributed by atoms with Crippen LogP contribution in [-0.2, 0) is 5.41 Å². The molecule has 0 amide bonds. The van der Waals surface area contributed by atoms with Gasteiger partial charge in [-0.05, 0) is 124 Å². The van der Waals surface area contributed by atoms with Gasteiger partial charge in [-0.3, -0.25) is 0 Å². The molecule has 0 fully saturated rings. The minimum absolute atomic E-state index is 0.512. The fraction of sp³-hybridized carbons (Fsp3) is 0.0137. The summed E-state index contributed by atoms with van der Waals surface area (Å²) in [6, 6.07) is 110. The lowest BCUT2D eigenvalue weighted by molar-refractivity contribution is 0.768. The summed E-state index contributed by atoms with van der Waals surface area (Å²) in [5.74, 6) is 0. The van der Waals surface area contributed by atoms with Crippen LogP contribution in [0, 0.1) is 0 Å². The molecule has 1 heteroatoms. The van der Waals surface area contributed by atoms with Gasteiger partial charge in [-0.15, -0.1) is 0 Å². The number of fused-ring (bicyclic) bond motifs is 7. The molecule has 0 aliphatic heterocycles. The highest BCUT2D eigenvalue weighted by molar-refractivity contribution is 6.24. The van der Waals surface area contributed by atoms with Crippen molar-refractivity contribution in [3.63, 3.8) is 0 Å². The Morgan fingerprint density at radius 3 is 1.34 bits per heavy atom. The molecule has 1 aliphatic carbocycles. The molecule has 346 valence electrons. The van der Waals surface area contributed by atoms with Crippen LogP contribution in [-0.4, -0.2) is 0 Å². The van der Waals surface area contributed by atoms with Gasteiger partial charge in [0.25, 0.3) is 0 Å². The van der Waals surface area contributed by atoms with Crippen LogP contribution in [0.1, 0.15) is 22.3 Å². The van der Waals surface area contributed by atoms with E-state index in [9.17, 15) is 0 Å². The van der Waals surface area contributed by atoms with Crippen LogP contribution in [0.2, 0.25) is 0 Å². The average Bonchev–Trinajstić information content (AvgIpc) is 3.85. The maximum atomic E-state index is 2.55. The summed E-state index contributed by atoms with van der Waals surface area (Å²) in [7, 11) is 0. The zero-order valence-corrected chi connectivity index (χ0v) is 40.7. The molecule has 0 bridgehead atoms. The predicted octanol–water partition coefficient (Wildman–Crippen LogP) is 19.6. The molecule has 0 saturated carbocycles. The van der Waals surface area contributed by atoms with E-state index in [0.717, 1.165) is 22.6 Å². The molecule has 13 aromatic rings. The number of rotatable bonds is 9. The van der Waals surface area contributed by atoms with E-state index in [0.29, 0.717) is 0 Å². The Labute approximate surface area is 432 Å². The fourth-order valence-electron chi connectivity index (χ4n) is 12.3. The molecule has 0 aromatic heterocycles. The number of nitrogens with zero attached hydrogens (tertiary/aromatic N) is 1. The number of anilines is 3. The lowest BCUT2D eigenvalue weighted by atomic mass is 9.68. The standard InChI is InChI=1S/C73H49N/c1-4-21-52(22-5-1)59-29-12-13-30-60(59)54-41-39-50(40-42-54)51-43-45-57(46-44-51)74(72-67-36-17-15-33-63(67)62-32-14-16-35-66(62)71(72)65-37-20-24-53-23-10-11-31-61(53)65)58-47-48-70-68(49-58)64-34-18-19-38-69(64)73(70,55-25-6-2-7-26-55)56-27-8-3-9-28-56/h1-49H. The van der Waals surface area contributed by atoms with Crippen LogP contribution in [0.25, 0.3) is 88.0 Å². The Kier molecular flexibility index (Phi) is 10.5. The third-order valence-electron chi connectivity index (χ3n) is 15.6. The van der Waals surface area contributed by atoms with E-state index in [1.807, 2.05) is 0 Å². The quantitative estimate of drug-likeness (QED) is 0.130. The SMILES string of the molecule is c1ccc(-c2ccccc2-c2ccc(-c3ccc(N(c4ccc5c(c4)-c4ccccc4C5(c4ccccc4)c4ccccc4)c4c(-c5cccc6ccccc56)c5ccccc5c5ccccc45)cc3)cc2)cc1. The smallest absolute Gasteiger partial charge is 0.0713 e. The van der Waals surface area contributed by atoms with Crippen molar-refractivity contribution in [1.29, 1.82) is 0 Å². The molecule has 0 unspecified atom stereocenters. The van der Waals surface area contributed by atoms with Gasteiger partial charge in [0, 0.05) is 22.3 Å². The number of hydrogen-bond acceptors (Lipinski definition) is 1. The van der Waals surface area contributed by atoms with Gasteiger partial charge in [0.2, 0.25) is 0 Å². The molecule has 0 heterocycles. The molecule has 1 aliphatic rings. The Morgan fingerprint density at radius 2 is 0.676 bits per heavy atom. The Hall–Kier alpha value is -9.56. The van der Waals surface area contributed by atoms with Gasteiger partial charge < -0.3 is 4.90 Å². The lowest BCUT2D eigenvalue weighted by Crippen LogP contribution is -2.28. The van der Waals surface area contributed by atoms with E-state index in [4.69, 9.17) is 0 Å². The third-order valence-corrected chi connectivity index (χ3v) is 15.6. The van der Waals surface area contributed by atoms with E-state index in [2.05, 4.69) is 302 Å². The van der Waals surface area contributed by atoms with E-state index in [-0.39, 0.29) is 0 Å². The first-order chi connectivity index (χ1) is 36.7. The monoisotopic (exact) mass is 939 g/mol. The summed E-state index contributed by atoms with van der Waals surface area (Å²) in [6.07, 6.45) is 0. The van der Waals surface area contributed by atoms with Crippen LogP contribution in [0.4, 0.5) is 17.1 Å². The summed E-state index contributed by atoms with van der Waals surface area (Å²) in [5.41, 5.74) is 20.0. The molecule has 0 saturated heterocycles. The van der Waals surface area contributed by atoms with Crippen molar-refractivity contribution < 1.29 is 0 Å². The number of hydrogen-bond donors (Lipinski definition) is 0. The highest BCUT2D eigenvalue weighted by Crippen LogP contribution is 2.58. The van der Waals surface area contributed by atoms with E-state index >= 15 is 0 Å². The third kappa shape index (κ3) is 6.93. The van der Waals surface area contributed by atoms with E-state index in [1.54, 1.807) is 0 Å². The first kappa shape index (κ1) is 43.2. The zero-order valence-electron chi connectivity index (χ0n) is 40.7. The summed E-state index contributed by atoms with van der Waals surface area (Å²) < 4.78 is 0. The van der Waals surface area contributed by atoms with Gasteiger partial charge in [-0.2, -0.15) is 0 Å². The van der Waals surface area contributed by atoms with Crippen molar-refractivity contribution in [2.75, 3.05) is 4.90 Å². The molecule has 0 atom stereocenters. The van der Waals surface area contributed by atoms with Crippen molar-refractivity contribution in [1.82, 2.24) is 0 Å². The van der Waals surface area contributed by atoms with Crippen molar-refractivity contribution in [2.45, 2.75) is 5.41 Å². The second-order valence-corrected chi connectivity index (χ2v) is 19.5. The summed E-state index contributed by atoms with van der Waals surface area (Å²) in [5, 5.41) is 7.29. The molecular weight excluding hydrogens is 891 g/mol.